The van der Waals surface area contributed by atoms with Gasteiger partial charge >= 0.3 is 0 Å². The van der Waals surface area contributed by atoms with E-state index in [0.29, 0.717) is 38.9 Å². The second-order valence-electron chi connectivity index (χ2n) is 7.09. The monoisotopic (exact) mass is 489 g/mol. The highest BCUT2D eigenvalue weighted by Gasteiger charge is 2.12. The van der Waals surface area contributed by atoms with Crippen molar-refractivity contribution in [3.63, 3.8) is 0 Å². The molecule has 1 N–H and O–H groups in total. The average Bonchev–Trinajstić information content (AvgIpc) is 3.20. The fourth-order valence-electron chi connectivity index (χ4n) is 3.17. The van der Waals surface area contributed by atoms with Gasteiger partial charge in [0.1, 0.15) is 23.3 Å². The molecule has 0 aliphatic rings. The third kappa shape index (κ3) is 5.32. The summed E-state index contributed by atoms with van der Waals surface area (Å²) in [5.41, 5.74) is 0.438. The molecule has 1 amide bonds. The lowest BCUT2D eigenvalue weighted by Crippen LogP contribution is -2.32. The van der Waals surface area contributed by atoms with Crippen molar-refractivity contribution in [3.8, 4) is 5.75 Å². The molecule has 11 heteroatoms. The number of fused-ring (bicyclic) bond motifs is 1. The molecule has 0 unspecified atom stereocenters. The number of hydrogen-bond acceptors (Lipinski definition) is 5. The molecule has 33 heavy (non-hydrogen) atoms. The van der Waals surface area contributed by atoms with Gasteiger partial charge < -0.3 is 10.1 Å². The molecule has 0 bridgehead atoms. The summed E-state index contributed by atoms with van der Waals surface area (Å²) in [7, 11) is 0. The number of ether oxygens (including phenoxy) is 1. The molecule has 0 radical (unpaired) electrons. The zero-order chi connectivity index (χ0) is 23.4. The van der Waals surface area contributed by atoms with Crippen LogP contribution in [0.15, 0.2) is 59.8 Å². The Hall–Kier alpha value is -3.43. The number of hydrogen-bond donors (Lipinski definition) is 1. The van der Waals surface area contributed by atoms with E-state index in [0.717, 1.165) is 0 Å². The number of amides is 1. The van der Waals surface area contributed by atoms with E-state index in [2.05, 4.69) is 15.4 Å². The quantitative estimate of drug-likeness (QED) is 0.410. The summed E-state index contributed by atoms with van der Waals surface area (Å²) >= 11 is 11.8. The van der Waals surface area contributed by atoms with E-state index in [1.54, 1.807) is 30.3 Å². The molecule has 2 aromatic carbocycles. The molecule has 4 aromatic rings. The van der Waals surface area contributed by atoms with Gasteiger partial charge in [0.05, 0.1) is 24.3 Å². The number of halogens is 3. The first-order valence-electron chi connectivity index (χ1n) is 9.91. The summed E-state index contributed by atoms with van der Waals surface area (Å²) in [6.45, 7) is 0.377. The molecule has 170 valence electrons. The number of nitrogens with one attached hydrogen (secondary N) is 1. The maximum Gasteiger partial charge on any atom is 0.264 e. The van der Waals surface area contributed by atoms with E-state index in [9.17, 15) is 14.0 Å². The summed E-state index contributed by atoms with van der Waals surface area (Å²) in [5.74, 6) is -0.388. The molecule has 2 heterocycles. The van der Waals surface area contributed by atoms with Gasteiger partial charge in [-0.3, -0.25) is 14.2 Å². The molecular formula is C22H18Cl2FN5O3. The highest BCUT2D eigenvalue weighted by atomic mass is 35.5. The fourth-order valence-corrected chi connectivity index (χ4v) is 3.63. The zero-order valence-corrected chi connectivity index (χ0v) is 18.7. The van der Waals surface area contributed by atoms with E-state index >= 15 is 0 Å². The number of carbonyl (C=O) groups is 1. The molecule has 4 rings (SSSR count). The highest BCUT2D eigenvalue weighted by molar-refractivity contribution is 6.35. The molecule has 0 saturated carbocycles. The molecule has 0 fully saturated rings. The predicted molar refractivity (Wildman–Crippen MR) is 122 cm³/mol. The SMILES string of the molecule is O=C(COc1ccc(Cl)cc1Cl)NCCn1ncc2c(=O)n(Cc3ccccc3F)cnc21. The van der Waals surface area contributed by atoms with Crippen LogP contribution in [0.4, 0.5) is 4.39 Å². The zero-order valence-electron chi connectivity index (χ0n) is 17.2. The third-order valence-electron chi connectivity index (χ3n) is 4.82. The normalized spacial score (nSPS) is 11.0. The molecule has 0 saturated heterocycles. The summed E-state index contributed by atoms with van der Waals surface area (Å²) in [6, 6.07) is 11.0. The van der Waals surface area contributed by atoms with Crippen LogP contribution < -0.4 is 15.6 Å². The van der Waals surface area contributed by atoms with Crippen molar-refractivity contribution in [3.05, 3.63) is 86.8 Å². The Kier molecular flexibility index (Phi) is 6.90. The standard InChI is InChI=1S/C22H18Cl2FN5O3/c23-15-5-6-19(17(24)9-15)33-12-20(31)26-7-8-30-21-16(10-28-30)22(32)29(13-27-21)11-14-3-1-2-4-18(14)25/h1-6,9-10,13H,7-8,11-12H2,(H,26,31). The maximum atomic E-state index is 13.9. The van der Waals surface area contributed by atoms with Crippen LogP contribution in [0.5, 0.6) is 5.75 Å². The van der Waals surface area contributed by atoms with Crippen molar-refractivity contribution < 1.29 is 13.9 Å². The van der Waals surface area contributed by atoms with Crippen molar-refractivity contribution in [1.29, 1.82) is 0 Å². The molecule has 0 aliphatic heterocycles. The van der Waals surface area contributed by atoms with Crippen LogP contribution in [-0.2, 0) is 17.9 Å². The minimum Gasteiger partial charge on any atom is -0.482 e. The fraction of sp³-hybridized carbons (Fsp3) is 0.182. The van der Waals surface area contributed by atoms with Gasteiger partial charge in [0.15, 0.2) is 12.3 Å². The lowest BCUT2D eigenvalue weighted by Gasteiger charge is -2.09. The van der Waals surface area contributed by atoms with Gasteiger partial charge in [0, 0.05) is 17.1 Å². The smallest absolute Gasteiger partial charge is 0.264 e. The second kappa shape index (κ2) is 10.0. The van der Waals surface area contributed by atoms with Gasteiger partial charge in [-0.25, -0.2) is 14.1 Å². The number of rotatable bonds is 8. The number of nitrogens with zero attached hydrogens (tertiary/aromatic N) is 4. The highest BCUT2D eigenvalue weighted by Crippen LogP contribution is 2.27. The summed E-state index contributed by atoms with van der Waals surface area (Å²) in [4.78, 5) is 29.1. The lowest BCUT2D eigenvalue weighted by atomic mass is 10.2. The Morgan fingerprint density at radius 1 is 1.18 bits per heavy atom. The van der Waals surface area contributed by atoms with Crippen LogP contribution in [0.3, 0.4) is 0 Å². The van der Waals surface area contributed by atoms with Crippen LogP contribution in [0.25, 0.3) is 11.0 Å². The van der Waals surface area contributed by atoms with Crippen molar-refractivity contribution in [1.82, 2.24) is 24.6 Å². The van der Waals surface area contributed by atoms with Gasteiger partial charge in [-0.15, -0.1) is 0 Å². The largest absolute Gasteiger partial charge is 0.482 e. The molecule has 0 spiro atoms. The number of aromatic nitrogens is 4. The van der Waals surface area contributed by atoms with Gasteiger partial charge in [-0.05, 0) is 24.3 Å². The first kappa shape index (κ1) is 22.8. The van der Waals surface area contributed by atoms with E-state index < -0.39 is 5.82 Å². The Labute approximate surface area is 197 Å². The van der Waals surface area contributed by atoms with Crippen LogP contribution >= 0.6 is 23.2 Å². The first-order valence-corrected chi connectivity index (χ1v) is 10.7. The van der Waals surface area contributed by atoms with Crippen molar-refractivity contribution in [2.45, 2.75) is 13.1 Å². The van der Waals surface area contributed by atoms with E-state index in [-0.39, 0.29) is 31.2 Å². The number of carbonyl (C=O) groups excluding carboxylic acids is 1. The van der Waals surface area contributed by atoms with Gasteiger partial charge in [-0.1, -0.05) is 41.4 Å². The van der Waals surface area contributed by atoms with Crippen LogP contribution in [-0.4, -0.2) is 38.4 Å². The minimum absolute atomic E-state index is 0.0628. The summed E-state index contributed by atoms with van der Waals surface area (Å²) in [6.07, 6.45) is 2.77. The van der Waals surface area contributed by atoms with E-state index in [1.165, 1.54) is 33.9 Å². The Balaban J connectivity index is 1.35. The molecule has 0 aliphatic carbocycles. The third-order valence-corrected chi connectivity index (χ3v) is 5.35. The molecule has 2 aromatic heterocycles. The molecule has 0 atom stereocenters. The van der Waals surface area contributed by atoms with Crippen LogP contribution in [0.2, 0.25) is 10.0 Å². The summed E-state index contributed by atoms with van der Waals surface area (Å²) in [5, 5.41) is 7.98. The molecule has 8 nitrogen and oxygen atoms in total. The first-order chi connectivity index (χ1) is 15.9. The van der Waals surface area contributed by atoms with Crippen LogP contribution in [0, 0.1) is 5.82 Å². The predicted octanol–water partition coefficient (Wildman–Crippen LogP) is 3.28. The van der Waals surface area contributed by atoms with Gasteiger partial charge in [0.2, 0.25) is 0 Å². The number of benzene rings is 2. The van der Waals surface area contributed by atoms with Crippen molar-refractivity contribution >= 4 is 40.1 Å². The Morgan fingerprint density at radius 3 is 2.79 bits per heavy atom. The van der Waals surface area contributed by atoms with Crippen molar-refractivity contribution in [2.24, 2.45) is 0 Å². The summed E-state index contributed by atoms with van der Waals surface area (Å²) < 4.78 is 22.1. The van der Waals surface area contributed by atoms with Crippen LogP contribution in [0.1, 0.15) is 5.56 Å². The average molecular weight is 490 g/mol. The van der Waals surface area contributed by atoms with Gasteiger partial charge in [-0.2, -0.15) is 5.10 Å². The lowest BCUT2D eigenvalue weighted by molar-refractivity contribution is -0.123. The maximum absolute atomic E-state index is 13.9. The van der Waals surface area contributed by atoms with Crippen molar-refractivity contribution in [2.75, 3.05) is 13.2 Å². The van der Waals surface area contributed by atoms with E-state index in [4.69, 9.17) is 27.9 Å². The van der Waals surface area contributed by atoms with E-state index in [1.807, 2.05) is 0 Å². The Bertz CT molecular complexity index is 1370. The second-order valence-corrected chi connectivity index (χ2v) is 7.93. The van der Waals surface area contributed by atoms with Gasteiger partial charge in [0.25, 0.3) is 11.5 Å². The topological polar surface area (TPSA) is 91.0 Å². The molecular weight excluding hydrogens is 472 g/mol. The Morgan fingerprint density at radius 2 is 2.00 bits per heavy atom. The minimum atomic E-state index is -0.391.